The van der Waals surface area contributed by atoms with Gasteiger partial charge in [-0.2, -0.15) is 9.65 Å². The molecule has 0 aromatic carbocycles. The average Bonchev–Trinajstić information content (AvgIpc) is 2.11. The Morgan fingerprint density at radius 1 is 1.69 bits per heavy atom. The second-order valence-electron chi connectivity index (χ2n) is 2.29. The first-order valence-corrected chi connectivity index (χ1v) is 3.96. The molecular weight excluding hydrogens is 191 g/mol. The van der Waals surface area contributed by atoms with Crippen LogP contribution in [0.3, 0.4) is 0 Å². The SMILES string of the molecule is N#CCC=Cc1cc(F)ncc1Cl. The van der Waals surface area contributed by atoms with Crippen LogP contribution in [0.25, 0.3) is 6.08 Å². The number of rotatable bonds is 2. The van der Waals surface area contributed by atoms with Gasteiger partial charge in [-0.1, -0.05) is 23.8 Å². The molecular formula is C9H6ClFN2. The van der Waals surface area contributed by atoms with E-state index in [1.165, 1.54) is 12.3 Å². The summed E-state index contributed by atoms with van der Waals surface area (Å²) < 4.78 is 12.6. The van der Waals surface area contributed by atoms with Crippen molar-refractivity contribution in [1.29, 1.82) is 5.26 Å². The smallest absolute Gasteiger partial charge is 0.213 e. The van der Waals surface area contributed by atoms with E-state index in [9.17, 15) is 4.39 Å². The summed E-state index contributed by atoms with van der Waals surface area (Å²) in [5, 5.41) is 8.62. The van der Waals surface area contributed by atoms with E-state index in [0.29, 0.717) is 10.6 Å². The number of halogens is 2. The van der Waals surface area contributed by atoms with Crippen LogP contribution in [0.2, 0.25) is 5.02 Å². The average molecular weight is 197 g/mol. The number of hydrogen-bond acceptors (Lipinski definition) is 2. The van der Waals surface area contributed by atoms with Gasteiger partial charge in [-0.15, -0.1) is 0 Å². The van der Waals surface area contributed by atoms with Gasteiger partial charge in [0.05, 0.1) is 17.5 Å². The molecule has 13 heavy (non-hydrogen) atoms. The molecule has 0 radical (unpaired) electrons. The predicted molar refractivity (Wildman–Crippen MR) is 48.5 cm³/mol. The Hall–Kier alpha value is -1.40. The number of nitriles is 1. The van der Waals surface area contributed by atoms with Crippen molar-refractivity contribution in [2.45, 2.75) is 6.42 Å². The summed E-state index contributed by atoms with van der Waals surface area (Å²) in [6, 6.07) is 3.15. The molecule has 0 bridgehead atoms. The molecule has 0 aliphatic carbocycles. The van der Waals surface area contributed by atoms with E-state index in [0.717, 1.165) is 0 Å². The maximum Gasteiger partial charge on any atom is 0.213 e. The number of nitrogens with zero attached hydrogens (tertiary/aromatic N) is 2. The zero-order valence-corrected chi connectivity index (χ0v) is 7.42. The molecule has 4 heteroatoms. The third-order valence-corrected chi connectivity index (χ3v) is 1.67. The lowest BCUT2D eigenvalue weighted by Gasteiger charge is -1.95. The summed E-state index contributed by atoms with van der Waals surface area (Å²) >= 11 is 5.71. The third kappa shape index (κ3) is 2.85. The van der Waals surface area contributed by atoms with E-state index >= 15 is 0 Å². The fourth-order valence-electron chi connectivity index (χ4n) is 0.794. The zero-order valence-electron chi connectivity index (χ0n) is 6.67. The highest BCUT2D eigenvalue weighted by Crippen LogP contribution is 2.16. The highest BCUT2D eigenvalue weighted by molar-refractivity contribution is 6.31. The fraction of sp³-hybridized carbons (Fsp3) is 0.111. The normalized spacial score (nSPS) is 10.2. The number of aromatic nitrogens is 1. The minimum absolute atomic E-state index is 0.278. The van der Waals surface area contributed by atoms with Crippen LogP contribution in [0, 0.1) is 17.3 Å². The van der Waals surface area contributed by atoms with Crippen LogP contribution in [0.1, 0.15) is 12.0 Å². The molecule has 0 amide bonds. The van der Waals surface area contributed by atoms with Crippen molar-refractivity contribution in [3.63, 3.8) is 0 Å². The van der Waals surface area contributed by atoms with E-state index in [4.69, 9.17) is 16.9 Å². The van der Waals surface area contributed by atoms with E-state index < -0.39 is 5.95 Å². The van der Waals surface area contributed by atoms with Gasteiger partial charge in [0.15, 0.2) is 0 Å². The topological polar surface area (TPSA) is 36.7 Å². The largest absolute Gasteiger partial charge is 0.227 e. The monoisotopic (exact) mass is 196 g/mol. The molecule has 0 aliphatic rings. The van der Waals surface area contributed by atoms with Crippen molar-refractivity contribution in [1.82, 2.24) is 4.98 Å². The van der Waals surface area contributed by atoms with Crippen molar-refractivity contribution < 1.29 is 4.39 Å². The first-order chi connectivity index (χ1) is 6.24. The Labute approximate surface area is 80.3 Å². The van der Waals surface area contributed by atoms with Gasteiger partial charge in [-0.3, -0.25) is 0 Å². The first-order valence-electron chi connectivity index (χ1n) is 3.58. The van der Waals surface area contributed by atoms with Crippen LogP contribution >= 0.6 is 11.6 Å². The summed E-state index contributed by atoms with van der Waals surface area (Å²) in [5.41, 5.74) is 0.532. The Kier molecular flexibility index (Phi) is 3.41. The molecule has 0 saturated carbocycles. The molecule has 0 atom stereocenters. The number of hydrogen-bond donors (Lipinski definition) is 0. The van der Waals surface area contributed by atoms with Crippen molar-refractivity contribution in [3.8, 4) is 6.07 Å². The third-order valence-electron chi connectivity index (χ3n) is 1.36. The zero-order chi connectivity index (χ0) is 9.68. The molecule has 2 nitrogen and oxygen atoms in total. The number of pyridine rings is 1. The van der Waals surface area contributed by atoms with Crippen LogP contribution in [-0.2, 0) is 0 Å². The molecule has 0 fully saturated rings. The second-order valence-corrected chi connectivity index (χ2v) is 2.70. The highest BCUT2D eigenvalue weighted by atomic mass is 35.5. The molecule has 0 unspecified atom stereocenters. The Morgan fingerprint density at radius 3 is 3.15 bits per heavy atom. The van der Waals surface area contributed by atoms with Gasteiger partial charge >= 0.3 is 0 Å². The lowest BCUT2D eigenvalue weighted by Crippen LogP contribution is -1.84. The molecule has 66 valence electrons. The first kappa shape index (κ1) is 9.69. The minimum Gasteiger partial charge on any atom is -0.227 e. The number of allylic oxidation sites excluding steroid dienone is 1. The molecule has 1 rings (SSSR count). The maximum absolute atomic E-state index is 12.6. The van der Waals surface area contributed by atoms with Crippen LogP contribution in [0.4, 0.5) is 4.39 Å². The predicted octanol–water partition coefficient (Wildman–Crippen LogP) is 2.80. The fourth-order valence-corrected chi connectivity index (χ4v) is 0.960. The summed E-state index contributed by atoms with van der Waals surface area (Å²) in [6.07, 6.45) is 4.72. The minimum atomic E-state index is -0.582. The van der Waals surface area contributed by atoms with Crippen molar-refractivity contribution in [2.75, 3.05) is 0 Å². The van der Waals surface area contributed by atoms with Gasteiger partial charge in [-0.05, 0) is 5.56 Å². The molecule has 0 N–H and O–H groups in total. The summed E-state index contributed by atoms with van der Waals surface area (Å²) in [5.74, 6) is -0.582. The van der Waals surface area contributed by atoms with E-state index in [2.05, 4.69) is 4.98 Å². The van der Waals surface area contributed by atoms with Crippen molar-refractivity contribution in [3.05, 3.63) is 34.9 Å². The molecule has 1 aromatic rings. The van der Waals surface area contributed by atoms with Crippen LogP contribution < -0.4 is 0 Å². The maximum atomic E-state index is 12.6. The molecule has 0 aliphatic heterocycles. The Balaban J connectivity index is 2.88. The molecule has 0 spiro atoms. The van der Waals surface area contributed by atoms with Crippen LogP contribution in [0.5, 0.6) is 0 Å². The van der Waals surface area contributed by atoms with Gasteiger partial charge < -0.3 is 0 Å². The lowest BCUT2D eigenvalue weighted by molar-refractivity contribution is 0.583. The van der Waals surface area contributed by atoms with E-state index in [1.54, 1.807) is 12.2 Å². The Bertz CT molecular complexity index is 368. The molecule has 0 saturated heterocycles. The lowest BCUT2D eigenvalue weighted by atomic mass is 10.2. The van der Waals surface area contributed by atoms with Gasteiger partial charge in [0.2, 0.25) is 5.95 Å². The standard InChI is InChI=1S/C9H6ClFN2/c10-8-6-13-9(11)5-7(8)3-1-2-4-12/h1,3,5-6H,2H2. The van der Waals surface area contributed by atoms with Gasteiger partial charge in [-0.25, -0.2) is 4.98 Å². The summed E-state index contributed by atoms with van der Waals surface area (Å²) in [7, 11) is 0. The van der Waals surface area contributed by atoms with Crippen molar-refractivity contribution in [2.24, 2.45) is 0 Å². The van der Waals surface area contributed by atoms with Gasteiger partial charge in [0, 0.05) is 12.3 Å². The Morgan fingerprint density at radius 2 is 2.46 bits per heavy atom. The summed E-state index contributed by atoms with van der Waals surface area (Å²) in [4.78, 5) is 3.37. The highest BCUT2D eigenvalue weighted by Gasteiger charge is 1.98. The summed E-state index contributed by atoms with van der Waals surface area (Å²) in [6.45, 7) is 0. The second kappa shape index (κ2) is 4.58. The van der Waals surface area contributed by atoms with E-state index in [-0.39, 0.29) is 6.42 Å². The van der Waals surface area contributed by atoms with E-state index in [1.807, 2.05) is 6.07 Å². The van der Waals surface area contributed by atoms with Crippen LogP contribution in [0.15, 0.2) is 18.3 Å². The quantitative estimate of drug-likeness (QED) is 0.682. The molecule has 1 aromatic heterocycles. The van der Waals surface area contributed by atoms with Gasteiger partial charge in [0.25, 0.3) is 0 Å². The van der Waals surface area contributed by atoms with Crippen LogP contribution in [-0.4, -0.2) is 4.98 Å². The molecule has 1 heterocycles. The van der Waals surface area contributed by atoms with Crippen molar-refractivity contribution >= 4 is 17.7 Å². The van der Waals surface area contributed by atoms with Gasteiger partial charge in [0.1, 0.15) is 0 Å².